The Morgan fingerprint density at radius 3 is 2.55 bits per heavy atom. The van der Waals surface area contributed by atoms with Gasteiger partial charge in [0.2, 0.25) is 0 Å². The second-order valence-electron chi connectivity index (χ2n) is 8.47. The monoisotopic (exact) mass is 422 g/mol. The van der Waals surface area contributed by atoms with Crippen LogP contribution in [-0.2, 0) is 13.1 Å². The highest BCUT2D eigenvalue weighted by Crippen LogP contribution is 2.23. The molecule has 0 bridgehead atoms. The highest BCUT2D eigenvalue weighted by Gasteiger charge is 2.27. The summed E-state index contributed by atoms with van der Waals surface area (Å²) < 4.78 is 16.0. The second-order valence-corrected chi connectivity index (χ2v) is 8.47. The van der Waals surface area contributed by atoms with Gasteiger partial charge in [-0.15, -0.1) is 0 Å². The van der Waals surface area contributed by atoms with Crippen LogP contribution in [0.2, 0.25) is 0 Å². The number of aromatic nitrogens is 2. The molecule has 1 fully saturated rings. The molecule has 0 amide bonds. The van der Waals surface area contributed by atoms with Crippen molar-refractivity contribution in [2.45, 2.75) is 39.4 Å². The molecular formula is C25H31FN4O. The van der Waals surface area contributed by atoms with E-state index in [1.165, 1.54) is 11.6 Å². The molecule has 0 radical (unpaired) electrons. The standard InChI is InChI=1S/C25H31FN4O/c1-19-14-20(2)30(27-19)25-9-8-23(26)15-22(25)17-28-11-12-29(24(18-28)10-13-31)16-21-6-4-3-5-7-21/h3-9,14-15,24,31H,10-13,16-18H2,1-2H3/t24-/m0/s1. The van der Waals surface area contributed by atoms with E-state index in [-0.39, 0.29) is 18.5 Å². The minimum Gasteiger partial charge on any atom is -0.396 e. The molecule has 0 unspecified atom stereocenters. The van der Waals surface area contributed by atoms with Crippen LogP contribution in [0.3, 0.4) is 0 Å². The van der Waals surface area contributed by atoms with Crippen LogP contribution in [0.15, 0.2) is 54.6 Å². The topological polar surface area (TPSA) is 44.5 Å². The zero-order chi connectivity index (χ0) is 21.8. The predicted octanol–water partition coefficient (Wildman–Crippen LogP) is 3.70. The second kappa shape index (κ2) is 9.73. The van der Waals surface area contributed by atoms with Gasteiger partial charge in [-0.25, -0.2) is 9.07 Å². The third kappa shape index (κ3) is 5.21. The largest absolute Gasteiger partial charge is 0.396 e. The van der Waals surface area contributed by atoms with Gasteiger partial charge in [0.05, 0.1) is 11.4 Å². The van der Waals surface area contributed by atoms with Gasteiger partial charge in [0.25, 0.3) is 0 Å². The fraction of sp³-hybridized carbons (Fsp3) is 0.400. The molecule has 164 valence electrons. The van der Waals surface area contributed by atoms with Crippen LogP contribution in [0.5, 0.6) is 0 Å². The summed E-state index contributed by atoms with van der Waals surface area (Å²) in [6.45, 7) is 8.38. The predicted molar refractivity (Wildman–Crippen MR) is 121 cm³/mol. The maximum atomic E-state index is 14.1. The van der Waals surface area contributed by atoms with Crippen molar-refractivity contribution in [2.24, 2.45) is 0 Å². The molecule has 1 aromatic heterocycles. The van der Waals surface area contributed by atoms with Crippen molar-refractivity contribution < 1.29 is 9.50 Å². The van der Waals surface area contributed by atoms with E-state index >= 15 is 0 Å². The number of benzene rings is 2. The number of rotatable bonds is 7. The van der Waals surface area contributed by atoms with Gasteiger partial charge in [-0.2, -0.15) is 5.10 Å². The maximum absolute atomic E-state index is 14.1. The minimum absolute atomic E-state index is 0.167. The Kier molecular flexibility index (Phi) is 6.80. The summed E-state index contributed by atoms with van der Waals surface area (Å²) in [6, 6.07) is 17.7. The zero-order valence-electron chi connectivity index (χ0n) is 18.3. The Bertz CT molecular complexity index is 1000. The summed E-state index contributed by atoms with van der Waals surface area (Å²) in [5.41, 5.74) is 5.14. The van der Waals surface area contributed by atoms with Gasteiger partial charge in [0.15, 0.2) is 0 Å². The first kappa shape index (κ1) is 21.7. The van der Waals surface area contributed by atoms with Crippen molar-refractivity contribution in [1.82, 2.24) is 19.6 Å². The molecule has 1 N–H and O–H groups in total. The lowest BCUT2D eigenvalue weighted by Gasteiger charge is -2.41. The van der Waals surface area contributed by atoms with Crippen molar-refractivity contribution in [2.75, 3.05) is 26.2 Å². The van der Waals surface area contributed by atoms with Gasteiger partial charge in [-0.1, -0.05) is 30.3 Å². The van der Waals surface area contributed by atoms with E-state index in [4.69, 9.17) is 0 Å². The quantitative estimate of drug-likeness (QED) is 0.631. The molecule has 5 nitrogen and oxygen atoms in total. The minimum atomic E-state index is -0.227. The molecule has 2 heterocycles. The molecule has 6 heteroatoms. The van der Waals surface area contributed by atoms with Crippen LogP contribution in [0.25, 0.3) is 5.69 Å². The van der Waals surface area contributed by atoms with Crippen LogP contribution in [0.1, 0.15) is 28.9 Å². The van der Waals surface area contributed by atoms with E-state index in [2.05, 4.69) is 39.2 Å². The van der Waals surface area contributed by atoms with E-state index in [9.17, 15) is 9.50 Å². The highest BCUT2D eigenvalue weighted by molar-refractivity contribution is 5.42. The van der Waals surface area contributed by atoms with Crippen LogP contribution >= 0.6 is 0 Å². The van der Waals surface area contributed by atoms with Gasteiger partial charge < -0.3 is 5.11 Å². The fourth-order valence-corrected chi connectivity index (χ4v) is 4.55. The third-order valence-electron chi connectivity index (χ3n) is 6.05. The Morgan fingerprint density at radius 2 is 1.84 bits per heavy atom. The summed E-state index contributed by atoms with van der Waals surface area (Å²) >= 11 is 0. The van der Waals surface area contributed by atoms with Crippen LogP contribution < -0.4 is 0 Å². The molecule has 31 heavy (non-hydrogen) atoms. The number of aryl methyl sites for hydroxylation is 2. The van der Waals surface area contributed by atoms with Gasteiger partial charge in [-0.05, 0) is 55.7 Å². The normalized spacial score (nSPS) is 17.9. The van der Waals surface area contributed by atoms with Crippen LogP contribution in [0, 0.1) is 19.7 Å². The smallest absolute Gasteiger partial charge is 0.123 e. The van der Waals surface area contributed by atoms with Gasteiger partial charge >= 0.3 is 0 Å². The number of hydrogen-bond donors (Lipinski definition) is 1. The first-order valence-corrected chi connectivity index (χ1v) is 11.0. The van der Waals surface area contributed by atoms with Crippen LogP contribution in [-0.4, -0.2) is 57.0 Å². The SMILES string of the molecule is Cc1cc(C)n(-c2ccc(F)cc2CN2CCN(Cc3ccccc3)[C@@H](CCO)C2)n1. The Labute approximate surface area is 183 Å². The van der Waals surface area contributed by atoms with E-state index in [1.807, 2.05) is 36.7 Å². The molecule has 3 aromatic rings. The average Bonchev–Trinajstić information content (AvgIpc) is 3.09. The van der Waals surface area contributed by atoms with Gasteiger partial charge in [0, 0.05) is 51.1 Å². The third-order valence-corrected chi connectivity index (χ3v) is 6.05. The summed E-state index contributed by atoms with van der Waals surface area (Å²) in [4.78, 5) is 4.82. The maximum Gasteiger partial charge on any atom is 0.123 e. The Balaban J connectivity index is 1.51. The molecular weight excluding hydrogens is 391 g/mol. The Hall–Kier alpha value is -2.54. The average molecular weight is 423 g/mol. The highest BCUT2D eigenvalue weighted by atomic mass is 19.1. The van der Waals surface area contributed by atoms with E-state index < -0.39 is 0 Å². The van der Waals surface area contributed by atoms with Gasteiger partial charge in [0.1, 0.15) is 5.82 Å². The van der Waals surface area contributed by atoms with Crippen molar-refractivity contribution in [3.8, 4) is 5.69 Å². The number of hydrogen-bond acceptors (Lipinski definition) is 4. The molecule has 0 aliphatic carbocycles. The van der Waals surface area contributed by atoms with Crippen molar-refractivity contribution in [3.63, 3.8) is 0 Å². The number of nitrogens with zero attached hydrogens (tertiary/aromatic N) is 4. The number of aliphatic hydroxyl groups is 1. The fourth-order valence-electron chi connectivity index (χ4n) is 4.55. The summed E-state index contributed by atoms with van der Waals surface area (Å²) in [5, 5.41) is 14.2. The first-order valence-electron chi connectivity index (χ1n) is 11.0. The van der Waals surface area contributed by atoms with Gasteiger partial charge in [-0.3, -0.25) is 9.80 Å². The lowest BCUT2D eigenvalue weighted by Crippen LogP contribution is -2.52. The molecule has 2 aromatic carbocycles. The van der Waals surface area contributed by atoms with E-state index in [1.54, 1.807) is 6.07 Å². The van der Waals surface area contributed by atoms with E-state index in [0.29, 0.717) is 6.54 Å². The molecule has 1 aliphatic heterocycles. The lowest BCUT2D eigenvalue weighted by molar-refractivity contribution is 0.0499. The molecule has 1 aliphatic rings. The summed E-state index contributed by atoms with van der Waals surface area (Å²) in [7, 11) is 0. The number of halogens is 1. The molecule has 4 rings (SSSR count). The van der Waals surface area contributed by atoms with Crippen molar-refractivity contribution in [3.05, 3.63) is 82.9 Å². The number of piperazine rings is 1. The summed E-state index contributed by atoms with van der Waals surface area (Å²) in [5.74, 6) is -0.227. The molecule has 1 saturated heterocycles. The Morgan fingerprint density at radius 1 is 1.03 bits per heavy atom. The van der Waals surface area contributed by atoms with Crippen molar-refractivity contribution in [1.29, 1.82) is 0 Å². The van der Waals surface area contributed by atoms with Crippen molar-refractivity contribution >= 4 is 0 Å². The van der Waals surface area contributed by atoms with Crippen LogP contribution in [0.4, 0.5) is 4.39 Å². The first-order chi connectivity index (χ1) is 15.0. The lowest BCUT2D eigenvalue weighted by atomic mass is 10.1. The number of aliphatic hydroxyl groups excluding tert-OH is 1. The molecule has 0 saturated carbocycles. The molecule has 1 atom stereocenters. The summed E-state index contributed by atoms with van der Waals surface area (Å²) in [6.07, 6.45) is 0.733. The van der Waals surface area contributed by atoms with E-state index in [0.717, 1.165) is 55.2 Å². The molecule has 0 spiro atoms. The zero-order valence-corrected chi connectivity index (χ0v) is 18.3.